The Kier molecular flexibility index (Phi) is 5.73. The average Bonchev–Trinajstić information content (AvgIpc) is 3.33. The van der Waals surface area contributed by atoms with E-state index in [0.717, 1.165) is 21.0 Å². The Morgan fingerprint density at radius 3 is 2.50 bits per heavy atom. The standard InChI is InChI=1S/C25H21BrN4O2/c26-22-8-4-3-6-19(22)11-12-23(31)29-13-15-30(16-14-29)25-27-24(28-32-25)21-10-9-18-5-1-2-7-20(18)17-21/h1-12,17H,13-16H2/b12-11+. The van der Waals surface area contributed by atoms with E-state index in [1.54, 1.807) is 6.08 Å². The molecule has 0 aliphatic carbocycles. The number of aromatic nitrogens is 2. The van der Waals surface area contributed by atoms with Crippen LogP contribution in [-0.4, -0.2) is 47.1 Å². The van der Waals surface area contributed by atoms with Gasteiger partial charge in [0.25, 0.3) is 0 Å². The molecule has 0 spiro atoms. The van der Waals surface area contributed by atoms with E-state index < -0.39 is 0 Å². The number of carbonyl (C=O) groups is 1. The number of fused-ring (bicyclic) bond motifs is 1. The first kappa shape index (κ1) is 20.5. The first-order chi connectivity index (χ1) is 15.7. The molecule has 160 valence electrons. The number of halogens is 1. The van der Waals surface area contributed by atoms with Crippen molar-refractivity contribution in [1.82, 2.24) is 15.0 Å². The van der Waals surface area contributed by atoms with Crippen molar-refractivity contribution in [3.8, 4) is 11.4 Å². The maximum absolute atomic E-state index is 12.6. The van der Waals surface area contributed by atoms with Crippen molar-refractivity contribution in [2.24, 2.45) is 0 Å². The van der Waals surface area contributed by atoms with Crippen molar-refractivity contribution in [2.45, 2.75) is 0 Å². The second-order valence-electron chi connectivity index (χ2n) is 7.63. The summed E-state index contributed by atoms with van der Waals surface area (Å²) in [5.74, 6) is 0.573. The lowest BCUT2D eigenvalue weighted by atomic mass is 10.1. The summed E-state index contributed by atoms with van der Waals surface area (Å²) in [6, 6.07) is 22.6. The van der Waals surface area contributed by atoms with Gasteiger partial charge in [-0.3, -0.25) is 4.79 Å². The summed E-state index contributed by atoms with van der Waals surface area (Å²) >= 11 is 3.50. The van der Waals surface area contributed by atoms with Gasteiger partial charge in [-0.25, -0.2) is 0 Å². The van der Waals surface area contributed by atoms with E-state index in [9.17, 15) is 4.79 Å². The molecule has 6 nitrogen and oxygen atoms in total. The van der Waals surface area contributed by atoms with Crippen LogP contribution in [0.25, 0.3) is 28.2 Å². The van der Waals surface area contributed by atoms with Gasteiger partial charge in [0.1, 0.15) is 0 Å². The van der Waals surface area contributed by atoms with Crippen LogP contribution in [0.3, 0.4) is 0 Å². The van der Waals surface area contributed by atoms with Crippen molar-refractivity contribution >= 4 is 44.7 Å². The number of nitrogens with zero attached hydrogens (tertiary/aromatic N) is 4. The Bertz CT molecular complexity index is 1290. The lowest BCUT2D eigenvalue weighted by Gasteiger charge is -2.32. The minimum Gasteiger partial charge on any atom is -0.336 e. The van der Waals surface area contributed by atoms with Gasteiger partial charge >= 0.3 is 6.01 Å². The monoisotopic (exact) mass is 488 g/mol. The molecule has 5 rings (SSSR count). The number of hydrogen-bond donors (Lipinski definition) is 0. The molecular weight excluding hydrogens is 468 g/mol. The zero-order valence-corrected chi connectivity index (χ0v) is 18.9. The highest BCUT2D eigenvalue weighted by molar-refractivity contribution is 9.10. The Morgan fingerprint density at radius 1 is 0.938 bits per heavy atom. The topological polar surface area (TPSA) is 62.5 Å². The minimum atomic E-state index is 0.00258. The van der Waals surface area contributed by atoms with Crippen molar-refractivity contribution in [2.75, 3.05) is 31.1 Å². The second-order valence-corrected chi connectivity index (χ2v) is 8.48. The Balaban J connectivity index is 1.22. The van der Waals surface area contributed by atoms with Crippen LogP contribution in [0, 0.1) is 0 Å². The molecule has 1 fully saturated rings. The molecule has 1 amide bonds. The predicted molar refractivity (Wildman–Crippen MR) is 129 cm³/mol. The van der Waals surface area contributed by atoms with Gasteiger partial charge in [-0.2, -0.15) is 4.98 Å². The first-order valence-electron chi connectivity index (χ1n) is 10.5. The van der Waals surface area contributed by atoms with E-state index in [-0.39, 0.29) is 5.91 Å². The van der Waals surface area contributed by atoms with Crippen molar-refractivity contribution in [1.29, 1.82) is 0 Å². The summed E-state index contributed by atoms with van der Waals surface area (Å²) in [5, 5.41) is 6.48. The quantitative estimate of drug-likeness (QED) is 0.377. The average molecular weight is 489 g/mol. The van der Waals surface area contributed by atoms with E-state index in [2.05, 4.69) is 50.3 Å². The molecule has 1 aliphatic heterocycles. The Morgan fingerprint density at radius 2 is 1.69 bits per heavy atom. The number of hydrogen-bond acceptors (Lipinski definition) is 5. The first-order valence-corrected chi connectivity index (χ1v) is 11.3. The number of anilines is 1. The number of amides is 1. The van der Waals surface area contributed by atoms with E-state index in [1.807, 2.05) is 58.3 Å². The molecule has 0 atom stereocenters. The third-order valence-electron chi connectivity index (χ3n) is 5.60. The summed E-state index contributed by atoms with van der Waals surface area (Å²) in [6.45, 7) is 2.50. The molecule has 0 radical (unpaired) electrons. The highest BCUT2D eigenvalue weighted by atomic mass is 79.9. The number of rotatable bonds is 4. The Hall–Kier alpha value is -3.45. The molecule has 4 aromatic rings. The fourth-order valence-corrected chi connectivity index (χ4v) is 4.20. The molecule has 1 aliphatic rings. The van der Waals surface area contributed by atoms with Crippen LogP contribution in [-0.2, 0) is 4.79 Å². The molecule has 0 N–H and O–H groups in total. The lowest BCUT2D eigenvalue weighted by Crippen LogP contribution is -2.48. The molecule has 3 aromatic carbocycles. The van der Waals surface area contributed by atoms with Crippen molar-refractivity contribution in [3.05, 3.63) is 82.8 Å². The summed E-state index contributed by atoms with van der Waals surface area (Å²) in [5.41, 5.74) is 1.90. The van der Waals surface area contributed by atoms with E-state index >= 15 is 0 Å². The number of piperazine rings is 1. The maximum atomic E-state index is 12.6. The van der Waals surface area contributed by atoms with Gasteiger partial charge < -0.3 is 14.3 Å². The van der Waals surface area contributed by atoms with Gasteiger partial charge in [0.2, 0.25) is 11.7 Å². The van der Waals surface area contributed by atoms with Gasteiger partial charge in [-0.15, -0.1) is 0 Å². The van der Waals surface area contributed by atoms with Crippen molar-refractivity contribution in [3.63, 3.8) is 0 Å². The van der Waals surface area contributed by atoms with Crippen LogP contribution in [0.1, 0.15) is 5.56 Å². The molecule has 1 aromatic heterocycles. The van der Waals surface area contributed by atoms with Crippen LogP contribution in [0.4, 0.5) is 6.01 Å². The molecule has 7 heteroatoms. The highest BCUT2D eigenvalue weighted by Gasteiger charge is 2.23. The van der Waals surface area contributed by atoms with Gasteiger partial charge in [0, 0.05) is 42.3 Å². The van der Waals surface area contributed by atoms with Crippen LogP contribution in [0.5, 0.6) is 0 Å². The summed E-state index contributed by atoms with van der Waals surface area (Å²) in [6.07, 6.45) is 3.47. The zero-order valence-electron chi connectivity index (χ0n) is 17.3. The van der Waals surface area contributed by atoms with Gasteiger partial charge in [0.05, 0.1) is 0 Å². The molecule has 32 heavy (non-hydrogen) atoms. The predicted octanol–water partition coefficient (Wildman–Crippen LogP) is 5.01. The van der Waals surface area contributed by atoms with E-state index in [0.29, 0.717) is 38.0 Å². The normalized spacial score (nSPS) is 14.4. The molecule has 0 saturated carbocycles. The number of benzene rings is 3. The smallest absolute Gasteiger partial charge is 0.324 e. The largest absolute Gasteiger partial charge is 0.336 e. The van der Waals surface area contributed by atoms with E-state index in [1.165, 1.54) is 5.39 Å². The lowest BCUT2D eigenvalue weighted by molar-refractivity contribution is -0.126. The third kappa shape index (κ3) is 4.29. The number of carbonyl (C=O) groups excluding carboxylic acids is 1. The van der Waals surface area contributed by atoms with Gasteiger partial charge in [0.15, 0.2) is 0 Å². The summed E-state index contributed by atoms with van der Waals surface area (Å²) < 4.78 is 6.49. The minimum absolute atomic E-state index is 0.00258. The second kappa shape index (κ2) is 8.96. The third-order valence-corrected chi connectivity index (χ3v) is 6.32. The SMILES string of the molecule is O=C(/C=C/c1ccccc1Br)N1CCN(c2nc(-c3ccc4ccccc4c3)no2)CC1. The molecular formula is C25H21BrN4O2. The van der Waals surface area contributed by atoms with E-state index in [4.69, 9.17) is 4.52 Å². The zero-order chi connectivity index (χ0) is 21.9. The molecule has 2 heterocycles. The summed E-state index contributed by atoms with van der Waals surface area (Å²) in [7, 11) is 0. The summed E-state index contributed by atoms with van der Waals surface area (Å²) in [4.78, 5) is 21.0. The van der Waals surface area contributed by atoms with Crippen LogP contribution in [0.15, 0.2) is 81.8 Å². The fourth-order valence-electron chi connectivity index (χ4n) is 3.78. The van der Waals surface area contributed by atoms with Crippen molar-refractivity contribution < 1.29 is 9.32 Å². The van der Waals surface area contributed by atoms with Crippen LogP contribution < -0.4 is 4.90 Å². The maximum Gasteiger partial charge on any atom is 0.324 e. The molecule has 0 unspecified atom stereocenters. The highest BCUT2D eigenvalue weighted by Crippen LogP contribution is 2.25. The van der Waals surface area contributed by atoms with Crippen LogP contribution in [0.2, 0.25) is 0 Å². The Labute approximate surface area is 194 Å². The van der Waals surface area contributed by atoms with Gasteiger partial charge in [-0.1, -0.05) is 75.7 Å². The van der Waals surface area contributed by atoms with Crippen LogP contribution >= 0.6 is 15.9 Å². The fraction of sp³-hybridized carbons (Fsp3) is 0.160. The molecule has 0 bridgehead atoms. The molecule has 1 saturated heterocycles. The van der Waals surface area contributed by atoms with Gasteiger partial charge in [-0.05, 0) is 34.5 Å².